The highest BCUT2D eigenvalue weighted by Crippen LogP contribution is 2.25. The van der Waals surface area contributed by atoms with Gasteiger partial charge in [-0.1, -0.05) is 18.6 Å². The number of benzene rings is 1. The lowest BCUT2D eigenvalue weighted by Crippen LogP contribution is -2.37. The molecule has 2 N–H and O–H groups in total. The lowest BCUT2D eigenvalue weighted by atomic mass is 10.1. The molecule has 3 heterocycles. The number of aromatic nitrogens is 2. The Morgan fingerprint density at radius 2 is 2.00 bits per heavy atom. The minimum Gasteiger partial charge on any atom is -0.468 e. The van der Waals surface area contributed by atoms with E-state index in [1.807, 2.05) is 30.3 Å². The fourth-order valence-corrected chi connectivity index (χ4v) is 3.48. The number of nitrogens with zero attached hydrogens (tertiary/aromatic N) is 2. The highest BCUT2D eigenvalue weighted by molar-refractivity contribution is 5.78. The molecule has 2 aromatic heterocycles. The number of furan rings is 1. The summed E-state index contributed by atoms with van der Waals surface area (Å²) in [7, 11) is 0. The van der Waals surface area contributed by atoms with Gasteiger partial charge in [0.15, 0.2) is 0 Å². The van der Waals surface area contributed by atoms with E-state index in [-0.39, 0.29) is 11.6 Å². The van der Waals surface area contributed by atoms with Crippen molar-refractivity contribution in [3.05, 3.63) is 58.8 Å². The van der Waals surface area contributed by atoms with Crippen LogP contribution in [0.1, 0.15) is 31.1 Å². The maximum absolute atomic E-state index is 12.2. The number of anilines is 1. The van der Waals surface area contributed by atoms with Gasteiger partial charge in [0.05, 0.1) is 23.2 Å². The zero-order valence-electron chi connectivity index (χ0n) is 14.1. The molecule has 0 aliphatic carbocycles. The predicted octanol–water partition coefficient (Wildman–Crippen LogP) is 3.16. The lowest BCUT2D eigenvalue weighted by molar-refractivity contribution is 0.152. The van der Waals surface area contributed by atoms with Crippen LogP contribution in [0, 0.1) is 0 Å². The fraction of sp³-hybridized carbons (Fsp3) is 0.368. The molecule has 1 aliphatic rings. The van der Waals surface area contributed by atoms with Crippen LogP contribution in [0.4, 0.5) is 5.95 Å². The summed E-state index contributed by atoms with van der Waals surface area (Å²) < 4.78 is 5.66. The molecule has 1 unspecified atom stereocenters. The van der Waals surface area contributed by atoms with Gasteiger partial charge in [0.25, 0.3) is 5.56 Å². The Morgan fingerprint density at radius 1 is 1.16 bits per heavy atom. The molecule has 0 radical (unpaired) electrons. The van der Waals surface area contributed by atoms with Gasteiger partial charge in [0.2, 0.25) is 5.95 Å². The largest absolute Gasteiger partial charge is 0.468 e. The summed E-state index contributed by atoms with van der Waals surface area (Å²) in [5.74, 6) is 1.44. The molecule has 1 fully saturated rings. The van der Waals surface area contributed by atoms with Gasteiger partial charge in [-0.3, -0.25) is 14.7 Å². The van der Waals surface area contributed by atoms with E-state index < -0.39 is 0 Å². The first-order valence-electron chi connectivity index (χ1n) is 8.81. The maximum Gasteiger partial charge on any atom is 0.260 e. The number of rotatable bonds is 5. The Balaban J connectivity index is 1.55. The molecule has 6 nitrogen and oxygen atoms in total. The first-order valence-corrected chi connectivity index (χ1v) is 8.81. The number of likely N-dealkylation sites (tertiary alicyclic amines) is 1. The average molecular weight is 338 g/mol. The number of hydrogen-bond acceptors (Lipinski definition) is 5. The van der Waals surface area contributed by atoms with Crippen molar-refractivity contribution < 1.29 is 4.42 Å². The Morgan fingerprint density at radius 3 is 2.80 bits per heavy atom. The number of nitrogens with one attached hydrogen (secondary N) is 2. The molecule has 0 amide bonds. The van der Waals surface area contributed by atoms with E-state index in [9.17, 15) is 4.79 Å². The van der Waals surface area contributed by atoms with Crippen LogP contribution in [0.25, 0.3) is 10.9 Å². The molecule has 3 aromatic rings. The second-order valence-corrected chi connectivity index (χ2v) is 6.44. The molecule has 4 rings (SSSR count). The summed E-state index contributed by atoms with van der Waals surface area (Å²) in [4.78, 5) is 22.0. The van der Waals surface area contributed by atoms with E-state index in [0.29, 0.717) is 23.4 Å². The Labute approximate surface area is 145 Å². The molecule has 0 bridgehead atoms. The van der Waals surface area contributed by atoms with Gasteiger partial charge in [-0.15, -0.1) is 0 Å². The van der Waals surface area contributed by atoms with Crippen molar-refractivity contribution >= 4 is 16.9 Å². The third-order valence-electron chi connectivity index (χ3n) is 4.78. The summed E-state index contributed by atoms with van der Waals surface area (Å²) in [5, 5.41) is 3.90. The normalized spacial score (nSPS) is 16.8. The Kier molecular flexibility index (Phi) is 4.52. The van der Waals surface area contributed by atoms with Crippen LogP contribution in [0.15, 0.2) is 51.9 Å². The van der Waals surface area contributed by atoms with Crippen molar-refractivity contribution in [1.29, 1.82) is 0 Å². The van der Waals surface area contributed by atoms with Gasteiger partial charge in [-0.2, -0.15) is 0 Å². The molecule has 1 atom stereocenters. The SMILES string of the molecule is O=c1[nH]c(NCC(c2ccco2)N2CCCCC2)nc2ccccc12. The third kappa shape index (κ3) is 3.44. The van der Waals surface area contributed by atoms with Gasteiger partial charge in [0, 0.05) is 6.54 Å². The molecule has 1 saturated heterocycles. The number of piperidine rings is 1. The van der Waals surface area contributed by atoms with Crippen molar-refractivity contribution in [2.45, 2.75) is 25.3 Å². The second kappa shape index (κ2) is 7.11. The van der Waals surface area contributed by atoms with Crippen LogP contribution in [0.5, 0.6) is 0 Å². The number of aromatic amines is 1. The monoisotopic (exact) mass is 338 g/mol. The van der Waals surface area contributed by atoms with Crippen molar-refractivity contribution in [2.24, 2.45) is 0 Å². The lowest BCUT2D eigenvalue weighted by Gasteiger charge is -2.33. The van der Waals surface area contributed by atoms with E-state index in [1.54, 1.807) is 12.3 Å². The van der Waals surface area contributed by atoms with Gasteiger partial charge in [0.1, 0.15) is 5.76 Å². The van der Waals surface area contributed by atoms with E-state index in [2.05, 4.69) is 20.2 Å². The summed E-state index contributed by atoms with van der Waals surface area (Å²) in [6.07, 6.45) is 5.42. The third-order valence-corrected chi connectivity index (χ3v) is 4.78. The van der Waals surface area contributed by atoms with Crippen molar-refractivity contribution in [3.63, 3.8) is 0 Å². The fourth-order valence-electron chi connectivity index (χ4n) is 3.48. The number of hydrogen-bond donors (Lipinski definition) is 2. The van der Waals surface area contributed by atoms with Gasteiger partial charge in [-0.05, 0) is 50.2 Å². The molecule has 6 heteroatoms. The maximum atomic E-state index is 12.2. The van der Waals surface area contributed by atoms with Crippen LogP contribution < -0.4 is 10.9 Å². The summed E-state index contributed by atoms with van der Waals surface area (Å²) >= 11 is 0. The van der Waals surface area contributed by atoms with Crippen LogP contribution in [0.3, 0.4) is 0 Å². The first-order chi connectivity index (χ1) is 12.3. The molecular formula is C19H22N4O2. The zero-order chi connectivity index (χ0) is 17.1. The smallest absolute Gasteiger partial charge is 0.260 e. The van der Waals surface area contributed by atoms with Crippen LogP contribution in [-0.4, -0.2) is 34.5 Å². The Hall–Kier alpha value is -2.60. The van der Waals surface area contributed by atoms with E-state index in [1.165, 1.54) is 19.3 Å². The second-order valence-electron chi connectivity index (χ2n) is 6.44. The first kappa shape index (κ1) is 15.9. The molecule has 1 aromatic carbocycles. The molecule has 0 spiro atoms. The van der Waals surface area contributed by atoms with Crippen molar-refractivity contribution in [2.75, 3.05) is 25.0 Å². The standard InChI is InChI=1S/C19H22N4O2/c24-18-14-7-2-3-8-15(14)21-19(22-18)20-13-16(17-9-6-12-25-17)23-10-4-1-5-11-23/h2-3,6-9,12,16H,1,4-5,10-11,13H2,(H2,20,21,22,24). The topological polar surface area (TPSA) is 74.2 Å². The molecule has 130 valence electrons. The van der Waals surface area contributed by atoms with Crippen molar-refractivity contribution in [3.8, 4) is 0 Å². The predicted molar refractivity (Wildman–Crippen MR) is 97.7 cm³/mol. The summed E-state index contributed by atoms with van der Waals surface area (Å²) in [5.41, 5.74) is 0.571. The molecular weight excluding hydrogens is 316 g/mol. The quantitative estimate of drug-likeness (QED) is 0.747. The number of para-hydroxylation sites is 1. The van der Waals surface area contributed by atoms with Gasteiger partial charge in [-0.25, -0.2) is 4.98 Å². The van der Waals surface area contributed by atoms with E-state index in [4.69, 9.17) is 4.42 Å². The zero-order valence-corrected chi connectivity index (χ0v) is 14.1. The number of fused-ring (bicyclic) bond motifs is 1. The van der Waals surface area contributed by atoms with Crippen LogP contribution >= 0.6 is 0 Å². The van der Waals surface area contributed by atoms with E-state index >= 15 is 0 Å². The molecule has 25 heavy (non-hydrogen) atoms. The molecule has 1 aliphatic heterocycles. The average Bonchev–Trinajstić information content (AvgIpc) is 3.17. The van der Waals surface area contributed by atoms with Gasteiger partial charge < -0.3 is 9.73 Å². The van der Waals surface area contributed by atoms with Crippen LogP contribution in [-0.2, 0) is 0 Å². The highest BCUT2D eigenvalue weighted by atomic mass is 16.3. The van der Waals surface area contributed by atoms with E-state index in [0.717, 1.165) is 18.8 Å². The minimum absolute atomic E-state index is 0.124. The molecule has 0 saturated carbocycles. The van der Waals surface area contributed by atoms with Crippen molar-refractivity contribution in [1.82, 2.24) is 14.9 Å². The van der Waals surface area contributed by atoms with Gasteiger partial charge >= 0.3 is 0 Å². The Bertz CT molecular complexity index is 882. The number of H-pyrrole nitrogens is 1. The summed E-state index contributed by atoms with van der Waals surface area (Å²) in [6, 6.07) is 11.4. The van der Waals surface area contributed by atoms with Crippen LogP contribution in [0.2, 0.25) is 0 Å². The minimum atomic E-state index is -0.124. The highest BCUT2D eigenvalue weighted by Gasteiger charge is 2.24. The summed E-state index contributed by atoms with van der Waals surface area (Å²) in [6.45, 7) is 2.76.